The zero-order valence-corrected chi connectivity index (χ0v) is 7.27. The highest BCUT2D eigenvalue weighted by Gasteiger charge is 2.02. The van der Waals surface area contributed by atoms with Crippen LogP contribution in [0.1, 0.15) is 6.92 Å². The molecule has 0 radical (unpaired) electrons. The van der Waals surface area contributed by atoms with Crippen molar-refractivity contribution in [3.63, 3.8) is 0 Å². The summed E-state index contributed by atoms with van der Waals surface area (Å²) in [7, 11) is 0. The Kier molecular flexibility index (Phi) is 2.04. The van der Waals surface area contributed by atoms with Crippen molar-refractivity contribution in [2.24, 2.45) is 0 Å². The van der Waals surface area contributed by atoms with Crippen molar-refractivity contribution in [1.82, 2.24) is 15.2 Å². The molecule has 0 spiro atoms. The van der Waals surface area contributed by atoms with Gasteiger partial charge in [-0.2, -0.15) is 5.10 Å². The second-order valence-corrected chi connectivity index (χ2v) is 2.52. The Bertz CT molecular complexity index is 411. The molecule has 2 rings (SSSR count). The SMILES string of the molecule is CCOc1nncc2ncccc12. The molecule has 0 atom stereocenters. The Labute approximate surface area is 75.6 Å². The first-order valence-corrected chi connectivity index (χ1v) is 4.11. The fraction of sp³-hybridized carbons (Fsp3) is 0.222. The van der Waals surface area contributed by atoms with Gasteiger partial charge in [0, 0.05) is 6.20 Å². The molecule has 0 aliphatic heterocycles. The second-order valence-electron chi connectivity index (χ2n) is 2.52. The van der Waals surface area contributed by atoms with Crippen LogP contribution in [0.2, 0.25) is 0 Å². The molecule has 4 nitrogen and oxygen atoms in total. The lowest BCUT2D eigenvalue weighted by atomic mass is 10.3. The lowest BCUT2D eigenvalue weighted by Crippen LogP contribution is -1.97. The van der Waals surface area contributed by atoms with E-state index in [4.69, 9.17) is 4.74 Å². The molecule has 4 heteroatoms. The Morgan fingerprint density at radius 2 is 2.38 bits per heavy atom. The largest absolute Gasteiger partial charge is 0.476 e. The van der Waals surface area contributed by atoms with Crippen molar-refractivity contribution in [3.8, 4) is 5.88 Å². The average Bonchev–Trinajstić information content (AvgIpc) is 2.19. The number of aromatic nitrogens is 3. The van der Waals surface area contributed by atoms with Gasteiger partial charge in [-0.25, -0.2) is 0 Å². The maximum atomic E-state index is 5.31. The van der Waals surface area contributed by atoms with Crippen molar-refractivity contribution < 1.29 is 4.74 Å². The van der Waals surface area contributed by atoms with Gasteiger partial charge in [0.05, 0.1) is 23.7 Å². The fourth-order valence-electron chi connectivity index (χ4n) is 1.13. The minimum Gasteiger partial charge on any atom is -0.476 e. The fourth-order valence-corrected chi connectivity index (χ4v) is 1.13. The van der Waals surface area contributed by atoms with E-state index < -0.39 is 0 Å². The average molecular weight is 175 g/mol. The van der Waals surface area contributed by atoms with E-state index in [1.54, 1.807) is 12.4 Å². The van der Waals surface area contributed by atoms with Crippen LogP contribution in [0.5, 0.6) is 5.88 Å². The molecule has 0 aliphatic rings. The number of nitrogens with zero attached hydrogens (tertiary/aromatic N) is 3. The van der Waals surface area contributed by atoms with Gasteiger partial charge < -0.3 is 4.74 Å². The summed E-state index contributed by atoms with van der Waals surface area (Å²) >= 11 is 0. The van der Waals surface area contributed by atoms with Crippen LogP contribution >= 0.6 is 0 Å². The molecular formula is C9H9N3O. The number of ether oxygens (including phenoxy) is 1. The number of hydrogen-bond acceptors (Lipinski definition) is 4. The molecule has 0 aliphatic carbocycles. The molecule has 2 aromatic rings. The van der Waals surface area contributed by atoms with Crippen molar-refractivity contribution in [1.29, 1.82) is 0 Å². The van der Waals surface area contributed by atoms with Crippen molar-refractivity contribution in [2.75, 3.05) is 6.61 Å². The molecule has 13 heavy (non-hydrogen) atoms. The normalized spacial score (nSPS) is 10.2. The monoisotopic (exact) mass is 175 g/mol. The van der Waals surface area contributed by atoms with E-state index in [2.05, 4.69) is 15.2 Å². The summed E-state index contributed by atoms with van der Waals surface area (Å²) in [6.45, 7) is 2.50. The van der Waals surface area contributed by atoms with E-state index in [9.17, 15) is 0 Å². The highest BCUT2D eigenvalue weighted by Crippen LogP contribution is 2.18. The molecule has 0 aromatic carbocycles. The number of rotatable bonds is 2. The summed E-state index contributed by atoms with van der Waals surface area (Å²) in [5.41, 5.74) is 0.806. The van der Waals surface area contributed by atoms with Gasteiger partial charge >= 0.3 is 0 Å². The lowest BCUT2D eigenvalue weighted by Gasteiger charge is -2.02. The molecule has 2 aromatic heterocycles. The van der Waals surface area contributed by atoms with E-state index in [0.717, 1.165) is 10.9 Å². The van der Waals surface area contributed by atoms with Crippen LogP contribution < -0.4 is 4.74 Å². The third-order valence-electron chi connectivity index (χ3n) is 1.68. The topological polar surface area (TPSA) is 47.9 Å². The first kappa shape index (κ1) is 7.91. The van der Waals surface area contributed by atoms with Crippen LogP contribution in [0.3, 0.4) is 0 Å². The number of hydrogen-bond donors (Lipinski definition) is 0. The molecule has 0 saturated heterocycles. The first-order chi connectivity index (χ1) is 6.42. The highest BCUT2D eigenvalue weighted by molar-refractivity contribution is 5.81. The van der Waals surface area contributed by atoms with Gasteiger partial charge in [-0.15, -0.1) is 5.10 Å². The number of pyridine rings is 1. The van der Waals surface area contributed by atoms with Gasteiger partial charge in [0.1, 0.15) is 0 Å². The predicted molar refractivity (Wildman–Crippen MR) is 48.5 cm³/mol. The number of fused-ring (bicyclic) bond motifs is 1. The zero-order valence-electron chi connectivity index (χ0n) is 7.27. The Balaban J connectivity index is 2.61. The zero-order chi connectivity index (χ0) is 9.10. The molecule has 0 fully saturated rings. The molecular weight excluding hydrogens is 166 g/mol. The van der Waals surface area contributed by atoms with Gasteiger partial charge in [-0.3, -0.25) is 4.98 Å². The minimum atomic E-state index is 0.549. The summed E-state index contributed by atoms with van der Waals surface area (Å²) in [6.07, 6.45) is 3.34. The van der Waals surface area contributed by atoms with Gasteiger partial charge in [-0.1, -0.05) is 0 Å². The van der Waals surface area contributed by atoms with Crippen LogP contribution in [-0.2, 0) is 0 Å². The standard InChI is InChI=1S/C9H9N3O/c1-2-13-9-7-4-3-5-10-8(7)6-11-12-9/h3-6H,2H2,1H3. The summed E-state index contributed by atoms with van der Waals surface area (Å²) in [5.74, 6) is 0.549. The van der Waals surface area contributed by atoms with Crippen LogP contribution in [0.15, 0.2) is 24.5 Å². The smallest absolute Gasteiger partial charge is 0.242 e. The molecule has 0 bridgehead atoms. The van der Waals surface area contributed by atoms with Gasteiger partial charge in [-0.05, 0) is 19.1 Å². The van der Waals surface area contributed by atoms with E-state index >= 15 is 0 Å². The second kappa shape index (κ2) is 3.35. The Morgan fingerprint density at radius 3 is 3.23 bits per heavy atom. The molecule has 2 heterocycles. The van der Waals surface area contributed by atoms with Gasteiger partial charge in [0.25, 0.3) is 0 Å². The third-order valence-corrected chi connectivity index (χ3v) is 1.68. The minimum absolute atomic E-state index is 0.549. The molecule has 0 saturated carbocycles. The predicted octanol–water partition coefficient (Wildman–Crippen LogP) is 1.42. The van der Waals surface area contributed by atoms with E-state index in [1.165, 1.54) is 0 Å². The lowest BCUT2D eigenvalue weighted by molar-refractivity contribution is 0.327. The maximum Gasteiger partial charge on any atom is 0.242 e. The third kappa shape index (κ3) is 1.42. The van der Waals surface area contributed by atoms with Gasteiger partial charge in [0.2, 0.25) is 5.88 Å². The molecule has 0 unspecified atom stereocenters. The molecule has 0 N–H and O–H groups in total. The van der Waals surface area contributed by atoms with Crippen LogP contribution in [0.25, 0.3) is 10.9 Å². The summed E-state index contributed by atoms with van der Waals surface area (Å²) in [5, 5.41) is 8.58. The molecule has 0 amide bonds. The van der Waals surface area contributed by atoms with Crippen LogP contribution in [0, 0.1) is 0 Å². The van der Waals surface area contributed by atoms with E-state index in [-0.39, 0.29) is 0 Å². The molecule has 66 valence electrons. The van der Waals surface area contributed by atoms with E-state index in [1.807, 2.05) is 19.1 Å². The quantitative estimate of drug-likeness (QED) is 0.692. The van der Waals surface area contributed by atoms with Crippen molar-refractivity contribution >= 4 is 10.9 Å². The maximum absolute atomic E-state index is 5.31. The first-order valence-electron chi connectivity index (χ1n) is 4.11. The van der Waals surface area contributed by atoms with Gasteiger partial charge in [0.15, 0.2) is 0 Å². The highest BCUT2D eigenvalue weighted by atomic mass is 16.5. The van der Waals surface area contributed by atoms with Crippen LogP contribution in [0.4, 0.5) is 0 Å². The summed E-state index contributed by atoms with van der Waals surface area (Å²) < 4.78 is 5.31. The van der Waals surface area contributed by atoms with E-state index in [0.29, 0.717) is 12.5 Å². The summed E-state index contributed by atoms with van der Waals surface area (Å²) in [4.78, 5) is 4.14. The summed E-state index contributed by atoms with van der Waals surface area (Å²) in [6, 6.07) is 3.77. The van der Waals surface area contributed by atoms with Crippen LogP contribution in [-0.4, -0.2) is 21.8 Å². The Hall–Kier alpha value is -1.71. The van der Waals surface area contributed by atoms with Crippen molar-refractivity contribution in [3.05, 3.63) is 24.5 Å². The van der Waals surface area contributed by atoms with Crippen molar-refractivity contribution in [2.45, 2.75) is 6.92 Å². The Morgan fingerprint density at radius 1 is 1.46 bits per heavy atom.